The van der Waals surface area contributed by atoms with Gasteiger partial charge in [-0.15, -0.1) is 0 Å². The molecule has 2 fully saturated rings. The number of benzene rings is 3. The number of ether oxygens (including phenoxy) is 2. The van der Waals surface area contributed by atoms with Gasteiger partial charge in [-0.1, -0.05) is 43.2 Å². The number of amides is 1. The number of allylic oxidation sites excluding steroid dienone is 1. The van der Waals surface area contributed by atoms with Crippen LogP contribution < -0.4 is 24.4 Å². The molecule has 4 heterocycles. The average Bonchev–Trinajstić information content (AvgIpc) is 3.77. The van der Waals surface area contributed by atoms with E-state index in [0.717, 1.165) is 77.2 Å². The maximum Gasteiger partial charge on any atom is 0.502 e. The molecule has 3 aliphatic rings. The molecule has 2 aromatic heterocycles. The van der Waals surface area contributed by atoms with Crippen molar-refractivity contribution in [3.05, 3.63) is 107 Å². The van der Waals surface area contributed by atoms with Crippen LogP contribution in [0.5, 0.6) is 17.2 Å². The van der Waals surface area contributed by atoms with E-state index in [1.165, 1.54) is 29.0 Å². The monoisotopic (exact) mass is 983 g/mol. The molecule has 0 atom stereocenters. The van der Waals surface area contributed by atoms with Crippen molar-refractivity contribution in [2.75, 3.05) is 77.0 Å². The first-order chi connectivity index (χ1) is 31.8. The molecule has 14 nitrogen and oxygen atoms in total. The van der Waals surface area contributed by atoms with E-state index in [-0.39, 0.29) is 29.1 Å². The maximum atomic E-state index is 14.0. The number of hydrogen-bond donors (Lipinski definition) is 3. The molecule has 0 unspecified atom stereocenters. The second kappa shape index (κ2) is 19.8. The first-order valence-corrected chi connectivity index (χ1v) is 25.5. The van der Waals surface area contributed by atoms with E-state index >= 15 is 0 Å². The number of piperazine rings is 2. The molecule has 1 amide bonds. The number of nitrogens with one attached hydrogen (secondary N) is 3. The smallest absolute Gasteiger partial charge is 0.492 e. The van der Waals surface area contributed by atoms with E-state index in [4.69, 9.17) is 21.1 Å². The number of aromatic nitrogens is 2. The van der Waals surface area contributed by atoms with Gasteiger partial charge in [0.1, 0.15) is 27.8 Å². The lowest BCUT2D eigenvalue weighted by atomic mass is 9.72. The summed E-state index contributed by atoms with van der Waals surface area (Å²) < 4.78 is 109. The topological polar surface area (TPSA) is 166 Å². The van der Waals surface area contributed by atoms with Crippen LogP contribution in [0.2, 0.25) is 5.02 Å². The highest BCUT2D eigenvalue weighted by molar-refractivity contribution is 7.92. The predicted molar refractivity (Wildman–Crippen MR) is 251 cm³/mol. The largest absolute Gasteiger partial charge is 0.502 e. The standard InChI is InChI=1S/C47H53ClF3N7O7S2/c1-46(2)14-12-34(40(29-46)32-4-6-35(48)7-5-32)31-57-21-23-58(24-22-57)36-8-10-39(42(27-36)65-37-26-33-13-15-53-44(33)54-30-37)45(59)55-67(62,63)38-9-11-41(43(28-38)66(60,61)47(49,50)51)64-25-3-18-56-19-16-52-17-20-56/h4-11,13,15,26-28,30,52H,3,12,14,16-25,29,31H2,1-2H3,(H,53,54)(H,55,59). The number of alkyl halides is 3. The molecule has 1 aliphatic carbocycles. The molecule has 0 bridgehead atoms. The Morgan fingerprint density at radius 2 is 1.64 bits per heavy atom. The van der Waals surface area contributed by atoms with Crippen LogP contribution in [0.25, 0.3) is 16.6 Å². The van der Waals surface area contributed by atoms with Crippen LogP contribution >= 0.6 is 11.6 Å². The molecule has 8 rings (SSSR count). The summed E-state index contributed by atoms with van der Waals surface area (Å²) in [5.41, 5.74) is -0.533. The van der Waals surface area contributed by atoms with Crippen LogP contribution in [-0.2, 0) is 19.9 Å². The van der Waals surface area contributed by atoms with Crippen molar-refractivity contribution in [3.63, 3.8) is 0 Å². The molecular weight excluding hydrogens is 931 g/mol. The van der Waals surface area contributed by atoms with Gasteiger partial charge in [0.15, 0.2) is 0 Å². The Balaban J connectivity index is 1.01. The van der Waals surface area contributed by atoms with Crippen LogP contribution in [-0.4, -0.2) is 120 Å². The Kier molecular flexibility index (Phi) is 14.3. The Hall–Kier alpha value is -5.18. The highest BCUT2D eigenvalue weighted by Crippen LogP contribution is 2.44. The van der Waals surface area contributed by atoms with Crippen molar-refractivity contribution in [2.24, 2.45) is 5.41 Å². The molecular formula is C47H53ClF3N7O7S2. The zero-order chi connectivity index (χ0) is 47.6. The maximum absolute atomic E-state index is 14.0. The van der Waals surface area contributed by atoms with Gasteiger partial charge in [-0.25, -0.2) is 26.5 Å². The second-order valence-electron chi connectivity index (χ2n) is 17.8. The van der Waals surface area contributed by atoms with Gasteiger partial charge in [0, 0.05) is 93.8 Å². The van der Waals surface area contributed by atoms with Crippen molar-refractivity contribution < 1.29 is 44.3 Å². The summed E-state index contributed by atoms with van der Waals surface area (Å²) in [5, 5.41) is 4.63. The van der Waals surface area contributed by atoms with Crippen molar-refractivity contribution in [2.45, 2.75) is 54.8 Å². The number of sulfonamides is 1. The fraction of sp³-hybridized carbons (Fsp3) is 0.404. The van der Waals surface area contributed by atoms with E-state index in [9.17, 15) is 34.8 Å². The lowest BCUT2D eigenvalue weighted by Gasteiger charge is -2.39. The fourth-order valence-corrected chi connectivity index (χ4v) is 10.8. The van der Waals surface area contributed by atoms with Gasteiger partial charge < -0.3 is 29.6 Å². The number of pyridine rings is 1. The minimum absolute atomic E-state index is 0.0169. The lowest BCUT2D eigenvalue weighted by Crippen LogP contribution is -2.47. The van der Waals surface area contributed by atoms with Crippen LogP contribution in [0.1, 0.15) is 55.5 Å². The Morgan fingerprint density at radius 1 is 0.896 bits per heavy atom. The van der Waals surface area contributed by atoms with Gasteiger partial charge >= 0.3 is 5.51 Å². The van der Waals surface area contributed by atoms with E-state index in [1.54, 1.807) is 30.5 Å². The van der Waals surface area contributed by atoms with Crippen LogP contribution in [0.3, 0.4) is 0 Å². The number of carbonyl (C=O) groups is 1. The predicted octanol–water partition coefficient (Wildman–Crippen LogP) is 7.88. The van der Waals surface area contributed by atoms with Crippen molar-refractivity contribution in [1.82, 2.24) is 29.8 Å². The van der Waals surface area contributed by atoms with Crippen molar-refractivity contribution in [1.29, 1.82) is 0 Å². The normalized spacial score (nSPS) is 17.7. The summed E-state index contributed by atoms with van der Waals surface area (Å²) in [6, 6.07) is 18.3. The second-order valence-corrected chi connectivity index (χ2v) is 21.9. The van der Waals surface area contributed by atoms with Gasteiger partial charge in [-0.2, -0.15) is 13.2 Å². The number of halogens is 4. The molecule has 0 radical (unpaired) electrons. The molecule has 3 N–H and O–H groups in total. The average molecular weight is 985 g/mol. The van der Waals surface area contributed by atoms with Crippen molar-refractivity contribution >= 4 is 59.7 Å². The number of nitrogens with zero attached hydrogens (tertiary/aromatic N) is 4. The molecule has 3 aromatic carbocycles. The summed E-state index contributed by atoms with van der Waals surface area (Å²) in [6.45, 7) is 11.8. The molecule has 2 aliphatic heterocycles. The van der Waals surface area contributed by atoms with E-state index < -0.39 is 46.8 Å². The highest BCUT2D eigenvalue weighted by atomic mass is 35.5. The Labute approximate surface area is 393 Å². The number of sulfone groups is 1. The molecule has 0 saturated carbocycles. The molecule has 358 valence electrons. The molecule has 2 saturated heterocycles. The van der Waals surface area contributed by atoms with Gasteiger partial charge in [0.25, 0.3) is 25.8 Å². The summed E-state index contributed by atoms with van der Waals surface area (Å²) in [6.07, 6.45) is 6.59. The number of fused-ring (bicyclic) bond motifs is 1. The number of H-pyrrole nitrogens is 1. The SMILES string of the molecule is CC1(C)CCC(CN2CCN(c3ccc(C(=O)NS(=O)(=O)c4ccc(OCCCN5CCNCC5)c(S(=O)(=O)C(F)(F)F)c4)c(Oc4cnc5[nH]ccc5c4)c3)CC2)=C(c2ccc(Cl)cc2)C1. The summed E-state index contributed by atoms with van der Waals surface area (Å²) in [4.78, 5) is 25.8. The first kappa shape index (κ1) is 48.3. The zero-order valence-electron chi connectivity index (χ0n) is 37.2. The molecule has 5 aromatic rings. The number of carbonyl (C=O) groups excluding carboxylic acids is 1. The van der Waals surface area contributed by atoms with E-state index in [2.05, 4.69) is 56.0 Å². The minimum atomic E-state index is -6.09. The third-order valence-corrected chi connectivity index (χ3v) is 15.6. The summed E-state index contributed by atoms with van der Waals surface area (Å²) in [5.74, 6) is -1.61. The molecule has 0 spiro atoms. The van der Waals surface area contributed by atoms with Gasteiger partial charge in [-0.3, -0.25) is 9.69 Å². The molecule has 20 heteroatoms. The van der Waals surface area contributed by atoms with E-state index in [1.807, 2.05) is 16.9 Å². The molecule has 67 heavy (non-hydrogen) atoms. The third kappa shape index (κ3) is 11.4. The van der Waals surface area contributed by atoms with Crippen molar-refractivity contribution in [3.8, 4) is 17.2 Å². The van der Waals surface area contributed by atoms with Crippen LogP contribution in [0.15, 0.2) is 101 Å². The highest BCUT2D eigenvalue weighted by Gasteiger charge is 2.49. The fourth-order valence-electron chi connectivity index (χ4n) is 8.73. The van der Waals surface area contributed by atoms with E-state index in [0.29, 0.717) is 53.9 Å². The minimum Gasteiger partial charge on any atom is -0.492 e. The summed E-state index contributed by atoms with van der Waals surface area (Å²) in [7, 11) is -11.1. The third-order valence-electron chi connectivity index (χ3n) is 12.5. The zero-order valence-corrected chi connectivity index (χ0v) is 39.6. The Morgan fingerprint density at radius 3 is 2.37 bits per heavy atom. The Bertz CT molecular complexity index is 2860. The number of hydrogen-bond acceptors (Lipinski definition) is 12. The first-order valence-electron chi connectivity index (χ1n) is 22.1. The quantitative estimate of drug-likeness (QED) is 0.0871. The summed E-state index contributed by atoms with van der Waals surface area (Å²) >= 11 is 6.23. The van der Waals surface area contributed by atoms with Crippen LogP contribution in [0, 0.1) is 5.41 Å². The number of rotatable bonds is 15. The lowest BCUT2D eigenvalue weighted by molar-refractivity contribution is -0.0437. The van der Waals surface area contributed by atoms with Crippen LogP contribution in [0.4, 0.5) is 18.9 Å². The van der Waals surface area contributed by atoms with Gasteiger partial charge in [0.05, 0.1) is 23.3 Å². The number of aromatic amines is 1. The van der Waals surface area contributed by atoms with Gasteiger partial charge in [-0.05, 0) is 96.8 Å². The number of anilines is 1. The van der Waals surface area contributed by atoms with Gasteiger partial charge in [0.2, 0.25) is 0 Å².